The number of hydrogen-bond donors (Lipinski definition) is 2. The van der Waals surface area contributed by atoms with E-state index in [0.29, 0.717) is 38.4 Å². The van der Waals surface area contributed by atoms with E-state index in [1.165, 1.54) is 6.20 Å². The number of rotatable bonds is 7. The van der Waals surface area contributed by atoms with Crippen LogP contribution in [0.25, 0.3) is 27.2 Å². The third-order valence-electron chi connectivity index (χ3n) is 5.47. The standard InChI is InChI=1S/C24H24N6O3S/c1-26-10-19(9-25)18-8-22-23(28-11-18)6-5-17-4-3-16(7-21(17)24(22)31)14-34(32,33)29-13-20-12-27-15-30(20)2/h3-12,15,29H,13-14,25H2,1-2H3. The van der Waals surface area contributed by atoms with Crippen LogP contribution in [0.3, 0.4) is 0 Å². The van der Waals surface area contributed by atoms with Crippen LogP contribution in [0.1, 0.15) is 16.8 Å². The number of aromatic nitrogens is 3. The van der Waals surface area contributed by atoms with E-state index in [9.17, 15) is 13.2 Å². The number of nitrogens with two attached hydrogens (primary N) is 1. The molecule has 0 saturated heterocycles. The molecule has 0 saturated carbocycles. The molecule has 0 fully saturated rings. The van der Waals surface area contributed by atoms with Gasteiger partial charge in [-0.3, -0.25) is 14.8 Å². The predicted octanol–water partition coefficient (Wildman–Crippen LogP) is 2.10. The van der Waals surface area contributed by atoms with E-state index in [1.807, 2.05) is 0 Å². The van der Waals surface area contributed by atoms with Gasteiger partial charge in [-0.1, -0.05) is 18.2 Å². The van der Waals surface area contributed by atoms with Gasteiger partial charge in [0.25, 0.3) is 0 Å². The molecule has 0 aliphatic heterocycles. The van der Waals surface area contributed by atoms with Crippen molar-refractivity contribution in [1.82, 2.24) is 19.3 Å². The minimum absolute atomic E-state index is 0.130. The summed E-state index contributed by atoms with van der Waals surface area (Å²) in [7, 11) is -0.214. The van der Waals surface area contributed by atoms with Crippen molar-refractivity contribution in [3.05, 3.63) is 88.4 Å². The molecule has 2 aromatic carbocycles. The third kappa shape index (κ3) is 4.87. The second kappa shape index (κ2) is 9.54. The monoisotopic (exact) mass is 476 g/mol. The summed E-state index contributed by atoms with van der Waals surface area (Å²) >= 11 is 0. The molecule has 0 unspecified atom stereocenters. The summed E-state index contributed by atoms with van der Waals surface area (Å²) in [5, 5.41) is 1.51. The average Bonchev–Trinajstić information content (AvgIpc) is 3.18. The van der Waals surface area contributed by atoms with Crippen molar-refractivity contribution in [3.63, 3.8) is 0 Å². The van der Waals surface area contributed by atoms with E-state index < -0.39 is 10.0 Å². The highest BCUT2D eigenvalue weighted by atomic mass is 32.2. The summed E-state index contributed by atoms with van der Waals surface area (Å²) in [4.78, 5) is 25.8. The van der Waals surface area contributed by atoms with E-state index in [0.717, 1.165) is 5.69 Å². The number of aliphatic imine (C=N–C) groups is 1. The van der Waals surface area contributed by atoms with Crippen molar-refractivity contribution in [1.29, 1.82) is 0 Å². The maximum absolute atomic E-state index is 13.4. The van der Waals surface area contributed by atoms with Crippen LogP contribution in [0.4, 0.5) is 0 Å². The van der Waals surface area contributed by atoms with Crippen molar-refractivity contribution in [2.45, 2.75) is 12.3 Å². The molecule has 174 valence electrons. The predicted molar refractivity (Wildman–Crippen MR) is 135 cm³/mol. The fraction of sp³-hybridized carbons (Fsp3) is 0.167. The van der Waals surface area contributed by atoms with Gasteiger partial charge in [0.1, 0.15) is 0 Å². The first kappa shape index (κ1) is 23.3. The third-order valence-corrected chi connectivity index (χ3v) is 6.77. The van der Waals surface area contributed by atoms with Crippen molar-refractivity contribution < 1.29 is 8.42 Å². The SMILES string of the molecule is CN=CC(=CN)c1cnc2ccc3ccc(CS(=O)(=O)NCc4cncn4C)cc3c(=O)c2c1. The summed E-state index contributed by atoms with van der Waals surface area (Å²) in [6.07, 6.45) is 7.85. The Morgan fingerprint density at radius 2 is 1.97 bits per heavy atom. The van der Waals surface area contributed by atoms with E-state index in [-0.39, 0.29) is 17.7 Å². The zero-order valence-corrected chi connectivity index (χ0v) is 19.6. The van der Waals surface area contributed by atoms with Gasteiger partial charge in [0, 0.05) is 60.8 Å². The Morgan fingerprint density at radius 1 is 1.18 bits per heavy atom. The number of hydrogen-bond acceptors (Lipinski definition) is 7. The van der Waals surface area contributed by atoms with Crippen molar-refractivity contribution >= 4 is 43.5 Å². The molecule has 34 heavy (non-hydrogen) atoms. The van der Waals surface area contributed by atoms with Crippen LogP contribution in [0, 0.1) is 0 Å². The van der Waals surface area contributed by atoms with Gasteiger partial charge < -0.3 is 10.3 Å². The highest BCUT2D eigenvalue weighted by Crippen LogP contribution is 2.20. The minimum Gasteiger partial charge on any atom is -0.404 e. The van der Waals surface area contributed by atoms with E-state index in [4.69, 9.17) is 5.73 Å². The first-order valence-corrected chi connectivity index (χ1v) is 12.1. The number of benzene rings is 1. The Kier molecular flexibility index (Phi) is 6.53. The Balaban J connectivity index is 1.73. The molecule has 0 aliphatic rings. The highest BCUT2D eigenvalue weighted by Gasteiger charge is 2.14. The van der Waals surface area contributed by atoms with Gasteiger partial charge in [0.05, 0.1) is 29.8 Å². The van der Waals surface area contributed by atoms with Crippen LogP contribution in [0.5, 0.6) is 0 Å². The second-order valence-corrected chi connectivity index (χ2v) is 9.63. The molecule has 0 amide bonds. The lowest BCUT2D eigenvalue weighted by Crippen LogP contribution is -2.25. The van der Waals surface area contributed by atoms with Crippen LogP contribution in [0.2, 0.25) is 0 Å². The Morgan fingerprint density at radius 3 is 2.68 bits per heavy atom. The maximum atomic E-state index is 13.4. The van der Waals surface area contributed by atoms with Crippen LogP contribution in [-0.4, -0.2) is 36.2 Å². The Bertz CT molecular complexity index is 1610. The van der Waals surface area contributed by atoms with Gasteiger partial charge in [-0.15, -0.1) is 0 Å². The van der Waals surface area contributed by atoms with Gasteiger partial charge in [-0.25, -0.2) is 18.1 Å². The molecule has 0 radical (unpaired) electrons. The lowest BCUT2D eigenvalue weighted by molar-refractivity contribution is 0.578. The highest BCUT2D eigenvalue weighted by molar-refractivity contribution is 7.88. The molecule has 0 aliphatic carbocycles. The number of nitrogens with one attached hydrogen (secondary N) is 1. The van der Waals surface area contributed by atoms with Crippen LogP contribution < -0.4 is 15.9 Å². The summed E-state index contributed by atoms with van der Waals surface area (Å²) < 4.78 is 29.6. The summed E-state index contributed by atoms with van der Waals surface area (Å²) in [5.41, 5.74) is 8.54. The van der Waals surface area contributed by atoms with Crippen molar-refractivity contribution in [2.75, 3.05) is 7.05 Å². The van der Waals surface area contributed by atoms with E-state index in [1.54, 1.807) is 80.0 Å². The fourth-order valence-corrected chi connectivity index (χ4v) is 4.75. The first-order valence-electron chi connectivity index (χ1n) is 10.4. The van der Waals surface area contributed by atoms with Gasteiger partial charge >= 0.3 is 0 Å². The number of pyridine rings is 1. The summed E-state index contributed by atoms with van der Waals surface area (Å²) in [6.45, 7) is 0.130. The molecular weight excluding hydrogens is 452 g/mol. The smallest absolute Gasteiger partial charge is 0.216 e. The summed E-state index contributed by atoms with van der Waals surface area (Å²) in [6, 6.07) is 10.4. The largest absolute Gasteiger partial charge is 0.404 e. The first-order chi connectivity index (χ1) is 16.3. The van der Waals surface area contributed by atoms with Gasteiger partial charge in [-0.2, -0.15) is 0 Å². The molecule has 4 aromatic rings. The van der Waals surface area contributed by atoms with E-state index in [2.05, 4.69) is 19.7 Å². The van der Waals surface area contributed by atoms with Crippen LogP contribution in [0.15, 0.2) is 71.1 Å². The number of allylic oxidation sites excluding steroid dienone is 1. The minimum atomic E-state index is -3.64. The zero-order chi connectivity index (χ0) is 24.3. The average molecular weight is 477 g/mol. The topological polar surface area (TPSA) is 132 Å². The number of imidazole rings is 1. The molecule has 10 heteroatoms. The molecule has 4 rings (SSSR count). The van der Waals surface area contributed by atoms with Gasteiger partial charge in [-0.05, 0) is 29.1 Å². The van der Waals surface area contributed by atoms with Crippen LogP contribution in [-0.2, 0) is 29.4 Å². The van der Waals surface area contributed by atoms with E-state index >= 15 is 0 Å². The number of fused-ring (bicyclic) bond motifs is 2. The number of aryl methyl sites for hydroxylation is 1. The lowest BCUT2D eigenvalue weighted by Gasteiger charge is -2.08. The van der Waals surface area contributed by atoms with Gasteiger partial charge in [0.15, 0.2) is 5.43 Å². The summed E-state index contributed by atoms with van der Waals surface area (Å²) in [5.74, 6) is -0.257. The maximum Gasteiger partial charge on any atom is 0.216 e. The molecule has 3 N–H and O–H groups in total. The molecular formula is C24H24N6O3S. The Labute approximate surface area is 196 Å². The fourth-order valence-electron chi connectivity index (χ4n) is 3.66. The quantitative estimate of drug-likeness (QED) is 0.393. The Hall–Kier alpha value is -3.89. The molecule has 2 heterocycles. The zero-order valence-electron chi connectivity index (χ0n) is 18.8. The number of sulfonamides is 1. The molecule has 0 bridgehead atoms. The van der Waals surface area contributed by atoms with Gasteiger partial charge in [0.2, 0.25) is 10.0 Å². The van der Waals surface area contributed by atoms with Crippen molar-refractivity contribution in [3.8, 4) is 0 Å². The molecule has 2 aromatic heterocycles. The lowest BCUT2D eigenvalue weighted by atomic mass is 10.1. The van der Waals surface area contributed by atoms with Crippen molar-refractivity contribution in [2.24, 2.45) is 17.8 Å². The molecule has 0 atom stereocenters. The molecule has 9 nitrogen and oxygen atoms in total. The second-order valence-electron chi connectivity index (χ2n) is 7.83. The molecule has 0 spiro atoms. The normalized spacial score (nSPS) is 12.7. The van der Waals surface area contributed by atoms with Crippen LogP contribution >= 0.6 is 0 Å². The number of nitrogens with zero attached hydrogens (tertiary/aromatic N) is 4.